The van der Waals surface area contributed by atoms with E-state index < -0.39 is 22.8 Å². The molecule has 30 heavy (non-hydrogen) atoms. The molecule has 2 aromatic carbocycles. The van der Waals surface area contributed by atoms with E-state index in [-0.39, 0.29) is 24.0 Å². The molecule has 5 N–H and O–H groups in total. The number of non-ortho nitro benzene ring substituents is 1. The largest absolute Gasteiger partial charge is 0.369 e. The van der Waals surface area contributed by atoms with E-state index in [4.69, 9.17) is 5.73 Å². The van der Waals surface area contributed by atoms with E-state index in [0.29, 0.717) is 5.69 Å². The molecule has 0 aliphatic carbocycles. The number of carbonyl (C=O) groups excluding carboxylic acids is 2. The topological polar surface area (TPSA) is 164 Å². The summed E-state index contributed by atoms with van der Waals surface area (Å²) in [5, 5.41) is 18.6. The highest BCUT2D eigenvalue weighted by Crippen LogP contribution is 2.16. The zero-order chi connectivity index (χ0) is 21.7. The molecule has 3 rings (SSSR count). The van der Waals surface area contributed by atoms with E-state index in [1.165, 1.54) is 24.3 Å². The Bertz CT molecular complexity index is 1050. The number of nitrogens with zero attached hydrogens (tertiary/aromatic N) is 3. The standard InChI is InChI=1S/C19H19N7O4/c1-11-3-2-4-13(9-11)22-18(20)25-19-23-15(17(28)24-19)10-16(27)21-12-5-7-14(8-6-12)26(29)30/h2-9,15H,10H2,1H3,(H,21,27)(H4,20,22,23,24,25,28). The zero-order valence-corrected chi connectivity index (χ0v) is 16.0. The van der Waals surface area contributed by atoms with Crippen LogP contribution < -0.4 is 21.7 Å². The summed E-state index contributed by atoms with van der Waals surface area (Å²) >= 11 is 0. The van der Waals surface area contributed by atoms with Crippen LogP contribution in [0.3, 0.4) is 0 Å². The van der Waals surface area contributed by atoms with Gasteiger partial charge in [0.05, 0.1) is 11.3 Å². The van der Waals surface area contributed by atoms with Crippen LogP contribution >= 0.6 is 0 Å². The van der Waals surface area contributed by atoms with Crippen molar-refractivity contribution in [3.63, 3.8) is 0 Å². The number of benzene rings is 2. The maximum Gasteiger partial charge on any atom is 0.269 e. The number of rotatable bonds is 5. The molecule has 0 bridgehead atoms. The third kappa shape index (κ3) is 5.38. The van der Waals surface area contributed by atoms with Crippen LogP contribution in [0.25, 0.3) is 0 Å². The quantitative estimate of drug-likeness (QED) is 0.253. The summed E-state index contributed by atoms with van der Waals surface area (Å²) < 4.78 is 0. The Labute approximate surface area is 171 Å². The molecular weight excluding hydrogens is 390 g/mol. The summed E-state index contributed by atoms with van der Waals surface area (Å²) in [4.78, 5) is 42.5. The van der Waals surface area contributed by atoms with Crippen LogP contribution in [0.2, 0.25) is 0 Å². The van der Waals surface area contributed by atoms with Gasteiger partial charge in [-0.15, -0.1) is 0 Å². The molecule has 0 radical (unpaired) electrons. The lowest BCUT2D eigenvalue weighted by Crippen LogP contribution is -2.32. The van der Waals surface area contributed by atoms with Crippen molar-refractivity contribution in [2.75, 3.05) is 10.6 Å². The second-order valence-electron chi connectivity index (χ2n) is 6.51. The third-order valence-electron chi connectivity index (χ3n) is 4.07. The molecule has 1 aliphatic heterocycles. The van der Waals surface area contributed by atoms with Crippen LogP contribution in [0.15, 0.2) is 58.5 Å². The van der Waals surface area contributed by atoms with Crippen molar-refractivity contribution in [2.24, 2.45) is 15.7 Å². The Morgan fingerprint density at radius 3 is 2.63 bits per heavy atom. The molecule has 2 aromatic rings. The number of nitro benzene ring substituents is 1. The molecule has 0 fully saturated rings. The van der Waals surface area contributed by atoms with Gasteiger partial charge in [0.15, 0.2) is 0 Å². The summed E-state index contributed by atoms with van der Waals surface area (Å²) in [5.41, 5.74) is 7.90. The van der Waals surface area contributed by atoms with E-state index in [9.17, 15) is 19.7 Å². The molecule has 2 amide bonds. The van der Waals surface area contributed by atoms with Crippen LogP contribution in [0, 0.1) is 17.0 Å². The van der Waals surface area contributed by atoms with E-state index in [1.807, 2.05) is 31.2 Å². The van der Waals surface area contributed by atoms with Gasteiger partial charge in [0, 0.05) is 23.5 Å². The van der Waals surface area contributed by atoms with Crippen molar-refractivity contribution in [3.05, 3.63) is 64.2 Å². The normalized spacial score (nSPS) is 15.9. The number of guanidine groups is 2. The minimum Gasteiger partial charge on any atom is -0.369 e. The second-order valence-corrected chi connectivity index (χ2v) is 6.51. The van der Waals surface area contributed by atoms with Crippen LogP contribution in [0.4, 0.5) is 17.1 Å². The Balaban J connectivity index is 1.59. The first-order chi connectivity index (χ1) is 14.3. The zero-order valence-electron chi connectivity index (χ0n) is 16.0. The van der Waals surface area contributed by atoms with Crippen LogP contribution in [-0.2, 0) is 9.59 Å². The number of carbonyl (C=O) groups is 2. The monoisotopic (exact) mass is 409 g/mol. The Morgan fingerprint density at radius 2 is 1.97 bits per heavy atom. The number of nitrogens with one attached hydrogen (secondary N) is 3. The Kier molecular flexibility index (Phi) is 6.01. The van der Waals surface area contributed by atoms with E-state index >= 15 is 0 Å². The highest BCUT2D eigenvalue weighted by atomic mass is 16.6. The summed E-state index contributed by atoms with van der Waals surface area (Å²) in [6.45, 7) is 1.94. The Morgan fingerprint density at radius 1 is 1.23 bits per heavy atom. The van der Waals surface area contributed by atoms with Crippen molar-refractivity contribution in [1.82, 2.24) is 5.32 Å². The van der Waals surface area contributed by atoms with Crippen molar-refractivity contribution >= 4 is 40.8 Å². The summed E-state index contributed by atoms with van der Waals surface area (Å²) in [6, 6.07) is 11.9. The fraction of sp³-hybridized carbons (Fsp3) is 0.158. The number of hydrogen-bond acceptors (Lipinski definition) is 6. The van der Waals surface area contributed by atoms with Gasteiger partial charge in [-0.3, -0.25) is 25.0 Å². The van der Waals surface area contributed by atoms with E-state index in [0.717, 1.165) is 11.3 Å². The van der Waals surface area contributed by atoms with Gasteiger partial charge in [-0.1, -0.05) is 12.1 Å². The van der Waals surface area contributed by atoms with Gasteiger partial charge in [-0.25, -0.2) is 4.99 Å². The lowest BCUT2D eigenvalue weighted by atomic mass is 10.2. The fourth-order valence-electron chi connectivity index (χ4n) is 2.69. The number of aryl methyl sites for hydroxylation is 1. The van der Waals surface area contributed by atoms with Gasteiger partial charge in [-0.2, -0.15) is 4.99 Å². The molecule has 1 unspecified atom stereocenters. The number of aliphatic imine (C=N–C) groups is 2. The maximum absolute atomic E-state index is 12.2. The first-order valence-electron chi connectivity index (χ1n) is 8.91. The number of anilines is 2. The predicted molar refractivity (Wildman–Crippen MR) is 112 cm³/mol. The summed E-state index contributed by atoms with van der Waals surface area (Å²) in [5.74, 6) is -0.902. The van der Waals surface area contributed by atoms with E-state index in [1.54, 1.807) is 0 Å². The van der Waals surface area contributed by atoms with Crippen molar-refractivity contribution < 1.29 is 14.5 Å². The number of hydrogen-bond donors (Lipinski definition) is 4. The van der Waals surface area contributed by atoms with Gasteiger partial charge in [0.25, 0.3) is 11.6 Å². The summed E-state index contributed by atoms with van der Waals surface area (Å²) in [6.07, 6.45) is -0.215. The highest BCUT2D eigenvalue weighted by Gasteiger charge is 2.28. The maximum atomic E-state index is 12.2. The molecule has 0 saturated heterocycles. The van der Waals surface area contributed by atoms with Gasteiger partial charge in [0.1, 0.15) is 6.04 Å². The molecular formula is C19H19N7O4. The van der Waals surface area contributed by atoms with Crippen molar-refractivity contribution in [3.8, 4) is 0 Å². The number of nitrogens with two attached hydrogens (primary N) is 1. The highest BCUT2D eigenvalue weighted by molar-refractivity contribution is 6.11. The third-order valence-corrected chi connectivity index (χ3v) is 4.07. The van der Waals surface area contributed by atoms with Gasteiger partial charge < -0.3 is 16.4 Å². The molecule has 0 saturated carbocycles. The minimum absolute atomic E-state index is 0.00536. The molecule has 11 nitrogen and oxygen atoms in total. The van der Waals surface area contributed by atoms with Crippen molar-refractivity contribution in [2.45, 2.75) is 19.4 Å². The molecule has 0 aromatic heterocycles. The number of amides is 2. The van der Waals surface area contributed by atoms with Crippen LogP contribution in [0.1, 0.15) is 12.0 Å². The molecule has 1 atom stereocenters. The fourth-order valence-corrected chi connectivity index (χ4v) is 2.69. The SMILES string of the molecule is Cc1cccc(N/C(N)=N/C2=NC(CC(=O)Nc3ccc([N+](=O)[O-])cc3)C(=O)N2)c1. The first kappa shape index (κ1) is 20.5. The average molecular weight is 409 g/mol. The second kappa shape index (κ2) is 8.82. The molecule has 11 heteroatoms. The number of nitro groups is 1. The van der Waals surface area contributed by atoms with Crippen LogP contribution in [-0.4, -0.2) is 34.7 Å². The van der Waals surface area contributed by atoms with Gasteiger partial charge >= 0.3 is 0 Å². The molecule has 1 heterocycles. The molecule has 0 spiro atoms. The lowest BCUT2D eigenvalue weighted by molar-refractivity contribution is -0.384. The average Bonchev–Trinajstić information content (AvgIpc) is 3.00. The smallest absolute Gasteiger partial charge is 0.269 e. The van der Waals surface area contributed by atoms with Crippen molar-refractivity contribution in [1.29, 1.82) is 0 Å². The van der Waals surface area contributed by atoms with Gasteiger partial charge in [0.2, 0.25) is 17.8 Å². The first-order valence-corrected chi connectivity index (χ1v) is 8.91. The Hall–Kier alpha value is -4.28. The van der Waals surface area contributed by atoms with E-state index in [2.05, 4.69) is 25.9 Å². The van der Waals surface area contributed by atoms with Gasteiger partial charge in [-0.05, 0) is 36.8 Å². The van der Waals surface area contributed by atoms with Crippen LogP contribution in [0.5, 0.6) is 0 Å². The lowest BCUT2D eigenvalue weighted by Gasteiger charge is -2.06. The minimum atomic E-state index is -0.950. The predicted octanol–water partition coefficient (Wildman–Crippen LogP) is 1.51. The summed E-state index contributed by atoms with van der Waals surface area (Å²) in [7, 11) is 0. The molecule has 154 valence electrons. The molecule has 1 aliphatic rings.